The zero-order chi connectivity index (χ0) is 10.8. The molecular formula is C11H9ClN2O. The van der Waals surface area contributed by atoms with Gasteiger partial charge in [0.2, 0.25) is 5.28 Å². The smallest absolute Gasteiger partial charge is 0.223 e. The van der Waals surface area contributed by atoms with Crippen LogP contribution in [0.25, 0.3) is 11.3 Å². The third-order valence-corrected chi connectivity index (χ3v) is 2.16. The van der Waals surface area contributed by atoms with Gasteiger partial charge in [0.05, 0.1) is 5.69 Å². The van der Waals surface area contributed by atoms with Gasteiger partial charge in [-0.1, -0.05) is 0 Å². The SMILES string of the molecule is Cc1cc(-c2ccc(O)cc2)nc(Cl)n1. The number of phenols is 1. The molecule has 0 saturated heterocycles. The van der Waals surface area contributed by atoms with Gasteiger partial charge in [0.15, 0.2) is 0 Å². The Hall–Kier alpha value is -1.61. The molecule has 0 radical (unpaired) electrons. The molecule has 1 N–H and O–H groups in total. The number of nitrogens with zero attached hydrogens (tertiary/aromatic N) is 2. The molecule has 0 aliphatic heterocycles. The molecule has 0 atom stereocenters. The summed E-state index contributed by atoms with van der Waals surface area (Å²) in [6.45, 7) is 1.86. The van der Waals surface area contributed by atoms with Crippen molar-refractivity contribution in [1.82, 2.24) is 9.97 Å². The molecule has 1 heterocycles. The molecule has 0 fully saturated rings. The molecule has 0 saturated carbocycles. The Morgan fingerprint density at radius 2 is 1.80 bits per heavy atom. The van der Waals surface area contributed by atoms with E-state index < -0.39 is 0 Å². The van der Waals surface area contributed by atoms with Crippen molar-refractivity contribution in [3.8, 4) is 17.0 Å². The first-order valence-electron chi connectivity index (χ1n) is 4.46. The van der Waals surface area contributed by atoms with Crippen LogP contribution in [0.5, 0.6) is 5.75 Å². The lowest BCUT2D eigenvalue weighted by Crippen LogP contribution is -1.90. The van der Waals surface area contributed by atoms with Crippen LogP contribution < -0.4 is 0 Å². The normalized spacial score (nSPS) is 10.3. The number of aromatic nitrogens is 2. The van der Waals surface area contributed by atoms with Crippen LogP contribution in [0, 0.1) is 6.92 Å². The van der Waals surface area contributed by atoms with Gasteiger partial charge in [-0.25, -0.2) is 9.97 Å². The van der Waals surface area contributed by atoms with Gasteiger partial charge in [-0.3, -0.25) is 0 Å². The Morgan fingerprint density at radius 3 is 2.40 bits per heavy atom. The number of hydrogen-bond donors (Lipinski definition) is 1. The first-order chi connectivity index (χ1) is 7.15. The van der Waals surface area contributed by atoms with Gasteiger partial charge in [0.1, 0.15) is 5.75 Å². The van der Waals surface area contributed by atoms with Crippen molar-refractivity contribution in [2.75, 3.05) is 0 Å². The summed E-state index contributed by atoms with van der Waals surface area (Å²) in [5.74, 6) is 0.232. The number of benzene rings is 1. The topological polar surface area (TPSA) is 46.0 Å². The van der Waals surface area contributed by atoms with E-state index in [1.54, 1.807) is 24.3 Å². The van der Waals surface area contributed by atoms with E-state index in [-0.39, 0.29) is 11.0 Å². The third kappa shape index (κ3) is 2.25. The highest BCUT2D eigenvalue weighted by molar-refractivity contribution is 6.28. The van der Waals surface area contributed by atoms with Crippen LogP contribution in [-0.4, -0.2) is 15.1 Å². The lowest BCUT2D eigenvalue weighted by Gasteiger charge is -2.02. The van der Waals surface area contributed by atoms with Crippen LogP contribution >= 0.6 is 11.6 Å². The van der Waals surface area contributed by atoms with Crippen LogP contribution in [0.1, 0.15) is 5.69 Å². The number of phenolic OH excluding ortho intramolecular Hbond substituents is 1. The molecule has 0 bridgehead atoms. The molecule has 0 spiro atoms. The van der Waals surface area contributed by atoms with Crippen LogP contribution in [0.15, 0.2) is 30.3 Å². The maximum Gasteiger partial charge on any atom is 0.223 e. The van der Waals surface area contributed by atoms with E-state index in [1.807, 2.05) is 13.0 Å². The van der Waals surface area contributed by atoms with E-state index in [2.05, 4.69) is 9.97 Å². The Labute approximate surface area is 92.4 Å². The average Bonchev–Trinajstić information content (AvgIpc) is 2.17. The first kappa shape index (κ1) is 9.93. The standard InChI is InChI=1S/C11H9ClN2O/c1-7-6-10(14-11(12)13-7)8-2-4-9(15)5-3-8/h2-6,15H,1H3. The summed E-state index contributed by atoms with van der Waals surface area (Å²) in [6, 6.07) is 8.64. The second kappa shape index (κ2) is 3.87. The monoisotopic (exact) mass is 220 g/mol. The van der Waals surface area contributed by atoms with Gasteiger partial charge in [0, 0.05) is 11.3 Å². The molecule has 0 amide bonds. The van der Waals surface area contributed by atoms with Crippen LogP contribution in [-0.2, 0) is 0 Å². The van der Waals surface area contributed by atoms with E-state index in [4.69, 9.17) is 16.7 Å². The molecule has 1 aromatic heterocycles. The number of halogens is 1. The van der Waals surface area contributed by atoms with Crippen molar-refractivity contribution in [2.24, 2.45) is 0 Å². The van der Waals surface area contributed by atoms with Gasteiger partial charge in [0.25, 0.3) is 0 Å². The zero-order valence-corrected chi connectivity index (χ0v) is 8.86. The highest BCUT2D eigenvalue weighted by Crippen LogP contribution is 2.21. The predicted octanol–water partition coefficient (Wildman–Crippen LogP) is 2.81. The fourth-order valence-electron chi connectivity index (χ4n) is 1.31. The first-order valence-corrected chi connectivity index (χ1v) is 4.83. The van der Waals surface area contributed by atoms with Gasteiger partial charge < -0.3 is 5.11 Å². The second-order valence-corrected chi connectivity index (χ2v) is 3.55. The highest BCUT2D eigenvalue weighted by atomic mass is 35.5. The van der Waals surface area contributed by atoms with E-state index in [0.29, 0.717) is 0 Å². The molecule has 15 heavy (non-hydrogen) atoms. The Morgan fingerprint density at radius 1 is 1.13 bits per heavy atom. The molecule has 4 heteroatoms. The minimum Gasteiger partial charge on any atom is -0.508 e. The number of aromatic hydroxyl groups is 1. The highest BCUT2D eigenvalue weighted by Gasteiger charge is 2.02. The Bertz CT molecular complexity index is 462. The summed E-state index contributed by atoms with van der Waals surface area (Å²) < 4.78 is 0. The average molecular weight is 221 g/mol. The van der Waals surface area contributed by atoms with Crippen molar-refractivity contribution >= 4 is 11.6 Å². The minimum absolute atomic E-state index is 0.232. The molecule has 0 unspecified atom stereocenters. The van der Waals surface area contributed by atoms with Crippen molar-refractivity contribution in [3.63, 3.8) is 0 Å². The lowest BCUT2D eigenvalue weighted by atomic mass is 10.1. The number of aryl methyl sites for hydroxylation is 1. The second-order valence-electron chi connectivity index (χ2n) is 3.21. The molecular weight excluding hydrogens is 212 g/mol. The lowest BCUT2D eigenvalue weighted by molar-refractivity contribution is 0.475. The fraction of sp³-hybridized carbons (Fsp3) is 0.0909. The van der Waals surface area contributed by atoms with Crippen molar-refractivity contribution in [3.05, 3.63) is 41.3 Å². The van der Waals surface area contributed by atoms with Crippen molar-refractivity contribution in [2.45, 2.75) is 6.92 Å². The summed E-state index contributed by atoms with van der Waals surface area (Å²) in [7, 11) is 0. The summed E-state index contributed by atoms with van der Waals surface area (Å²) in [5, 5.41) is 9.39. The van der Waals surface area contributed by atoms with Gasteiger partial charge in [-0.05, 0) is 48.9 Å². The van der Waals surface area contributed by atoms with E-state index in [9.17, 15) is 0 Å². The molecule has 2 rings (SSSR count). The van der Waals surface area contributed by atoms with Gasteiger partial charge in [-0.2, -0.15) is 0 Å². The van der Waals surface area contributed by atoms with E-state index in [1.165, 1.54) is 0 Å². The summed E-state index contributed by atoms with van der Waals surface area (Å²) in [4.78, 5) is 8.09. The van der Waals surface area contributed by atoms with Crippen molar-refractivity contribution in [1.29, 1.82) is 0 Å². The van der Waals surface area contributed by atoms with Gasteiger partial charge >= 0.3 is 0 Å². The maximum absolute atomic E-state index is 9.15. The predicted molar refractivity (Wildman–Crippen MR) is 58.9 cm³/mol. The van der Waals surface area contributed by atoms with Crippen LogP contribution in [0.3, 0.4) is 0 Å². The van der Waals surface area contributed by atoms with Gasteiger partial charge in [-0.15, -0.1) is 0 Å². The molecule has 1 aromatic carbocycles. The van der Waals surface area contributed by atoms with Crippen LogP contribution in [0.2, 0.25) is 5.28 Å². The van der Waals surface area contributed by atoms with E-state index >= 15 is 0 Å². The summed E-state index contributed by atoms with van der Waals surface area (Å²) >= 11 is 5.76. The zero-order valence-electron chi connectivity index (χ0n) is 8.11. The van der Waals surface area contributed by atoms with Crippen molar-refractivity contribution < 1.29 is 5.11 Å². The minimum atomic E-state index is 0.232. The molecule has 2 aromatic rings. The molecule has 0 aliphatic carbocycles. The summed E-state index contributed by atoms with van der Waals surface area (Å²) in [5.41, 5.74) is 2.48. The van der Waals surface area contributed by atoms with Crippen LogP contribution in [0.4, 0.5) is 0 Å². The fourth-order valence-corrected chi connectivity index (χ4v) is 1.54. The quantitative estimate of drug-likeness (QED) is 0.752. The maximum atomic E-state index is 9.15. The summed E-state index contributed by atoms with van der Waals surface area (Å²) in [6.07, 6.45) is 0. The number of rotatable bonds is 1. The third-order valence-electron chi connectivity index (χ3n) is 1.99. The molecule has 0 aliphatic rings. The molecule has 76 valence electrons. The Kier molecular flexibility index (Phi) is 2.56. The molecule has 3 nitrogen and oxygen atoms in total. The largest absolute Gasteiger partial charge is 0.508 e. The number of hydrogen-bond acceptors (Lipinski definition) is 3. The van der Waals surface area contributed by atoms with E-state index in [0.717, 1.165) is 17.0 Å². The Balaban J connectivity index is 2.49.